The van der Waals surface area contributed by atoms with E-state index in [0.717, 1.165) is 18.4 Å². The predicted molar refractivity (Wildman–Crippen MR) is 110 cm³/mol. The molecule has 0 bridgehead atoms. The number of aromatic nitrogens is 2. The van der Waals surface area contributed by atoms with Gasteiger partial charge < -0.3 is 15.5 Å². The Labute approximate surface area is 170 Å². The summed E-state index contributed by atoms with van der Waals surface area (Å²) in [5.41, 5.74) is 2.35. The molecule has 8 heteroatoms. The highest BCUT2D eigenvalue weighted by molar-refractivity contribution is 5.93. The minimum atomic E-state index is -0.478. The van der Waals surface area contributed by atoms with E-state index in [9.17, 15) is 14.9 Å². The normalized spacial score (nSPS) is 13.9. The Balaban J connectivity index is 1.78. The van der Waals surface area contributed by atoms with Crippen LogP contribution in [-0.4, -0.2) is 46.3 Å². The third kappa shape index (κ3) is 4.88. The monoisotopic (exact) mass is 392 g/mol. The van der Waals surface area contributed by atoms with Crippen molar-refractivity contribution in [3.05, 3.63) is 36.2 Å². The van der Waals surface area contributed by atoms with E-state index in [-0.39, 0.29) is 17.7 Å². The van der Waals surface area contributed by atoms with E-state index in [1.165, 1.54) is 6.20 Å². The first kappa shape index (κ1) is 20.3. The number of nitriles is 1. The van der Waals surface area contributed by atoms with Crippen molar-refractivity contribution in [3.8, 4) is 17.3 Å². The molecule has 1 aromatic heterocycles. The molecule has 0 unspecified atom stereocenters. The fourth-order valence-corrected chi connectivity index (χ4v) is 2.82. The Morgan fingerprint density at radius 3 is 2.66 bits per heavy atom. The van der Waals surface area contributed by atoms with E-state index < -0.39 is 6.04 Å². The highest BCUT2D eigenvalue weighted by Crippen LogP contribution is 2.30. The number of rotatable bonds is 7. The van der Waals surface area contributed by atoms with Gasteiger partial charge in [-0.1, -0.05) is 6.07 Å². The van der Waals surface area contributed by atoms with E-state index >= 15 is 0 Å². The number of nitrogens with one attached hydrogen (secondary N) is 2. The van der Waals surface area contributed by atoms with Crippen molar-refractivity contribution < 1.29 is 9.59 Å². The lowest BCUT2D eigenvalue weighted by molar-refractivity contribution is -0.130. The maximum absolute atomic E-state index is 12.3. The summed E-state index contributed by atoms with van der Waals surface area (Å²) in [5, 5.41) is 15.3. The van der Waals surface area contributed by atoms with Crippen LogP contribution in [0.4, 0.5) is 11.5 Å². The van der Waals surface area contributed by atoms with Gasteiger partial charge >= 0.3 is 0 Å². The van der Waals surface area contributed by atoms with Crippen LogP contribution in [0.1, 0.15) is 32.3 Å². The van der Waals surface area contributed by atoms with Gasteiger partial charge in [-0.15, -0.1) is 0 Å². The van der Waals surface area contributed by atoms with Crippen molar-refractivity contribution >= 4 is 23.3 Å². The number of amides is 2. The molecular weight excluding hydrogens is 368 g/mol. The van der Waals surface area contributed by atoms with Gasteiger partial charge in [-0.05, 0) is 38.8 Å². The van der Waals surface area contributed by atoms with Crippen molar-refractivity contribution in [2.45, 2.75) is 32.7 Å². The zero-order valence-corrected chi connectivity index (χ0v) is 16.8. The summed E-state index contributed by atoms with van der Waals surface area (Å²) >= 11 is 0. The van der Waals surface area contributed by atoms with Crippen LogP contribution >= 0.6 is 0 Å². The summed E-state index contributed by atoms with van der Waals surface area (Å²) in [6.45, 7) is 4.27. The van der Waals surface area contributed by atoms with E-state index in [1.807, 2.05) is 6.92 Å². The first-order valence-electron chi connectivity index (χ1n) is 9.61. The Morgan fingerprint density at radius 2 is 2.07 bits per heavy atom. The number of likely N-dealkylation sites (N-methyl/N-ethyl adjacent to an activating group) is 1. The van der Waals surface area contributed by atoms with E-state index in [1.54, 1.807) is 43.3 Å². The second kappa shape index (κ2) is 8.69. The predicted octanol–water partition coefficient (Wildman–Crippen LogP) is 2.64. The molecular formula is C21H24N6O2. The Kier molecular flexibility index (Phi) is 6.07. The number of carbonyl (C=O) groups excluding carboxylic acids is 2. The minimum Gasteiger partial charge on any atom is -0.373 e. The lowest BCUT2D eigenvalue weighted by atomic mass is 10.1. The number of carbonyl (C=O) groups is 2. The van der Waals surface area contributed by atoms with Gasteiger partial charge in [0, 0.05) is 25.1 Å². The molecule has 8 nitrogen and oxygen atoms in total. The third-order valence-electron chi connectivity index (χ3n) is 4.88. The molecule has 2 amide bonds. The van der Waals surface area contributed by atoms with Crippen molar-refractivity contribution in [2.24, 2.45) is 5.92 Å². The summed E-state index contributed by atoms with van der Waals surface area (Å²) in [6.07, 6.45) is 4.94. The van der Waals surface area contributed by atoms with Gasteiger partial charge in [0.2, 0.25) is 11.8 Å². The molecule has 1 saturated carbocycles. The summed E-state index contributed by atoms with van der Waals surface area (Å²) in [6, 6.07) is 6.90. The summed E-state index contributed by atoms with van der Waals surface area (Å²) in [7, 11) is 1.74. The number of anilines is 2. The van der Waals surface area contributed by atoms with Crippen molar-refractivity contribution in [2.75, 3.05) is 24.2 Å². The molecule has 1 aliphatic rings. The SMILES string of the molecule is CCN(C)C(=O)[C@H](C)Nc1cc(-c2cnc(NC(=O)C3CC3)cn2)ccc1C#N. The fraction of sp³-hybridized carbons (Fsp3) is 0.381. The molecule has 150 valence electrons. The van der Waals surface area contributed by atoms with Crippen LogP contribution in [0.25, 0.3) is 11.3 Å². The molecule has 0 radical (unpaired) electrons. The molecule has 2 N–H and O–H groups in total. The lowest BCUT2D eigenvalue weighted by Crippen LogP contribution is -2.39. The van der Waals surface area contributed by atoms with Crippen LogP contribution in [0, 0.1) is 17.2 Å². The van der Waals surface area contributed by atoms with E-state index in [2.05, 4.69) is 26.7 Å². The summed E-state index contributed by atoms with van der Waals surface area (Å²) in [4.78, 5) is 34.4. The second-order valence-electron chi connectivity index (χ2n) is 7.14. The van der Waals surface area contributed by atoms with Crippen molar-refractivity contribution in [3.63, 3.8) is 0 Å². The van der Waals surface area contributed by atoms with Gasteiger partial charge in [0.1, 0.15) is 12.1 Å². The van der Waals surface area contributed by atoms with Crippen LogP contribution in [-0.2, 0) is 9.59 Å². The topological polar surface area (TPSA) is 111 Å². The lowest BCUT2D eigenvalue weighted by Gasteiger charge is -2.22. The Bertz CT molecular complexity index is 947. The average molecular weight is 392 g/mol. The molecule has 2 aromatic rings. The first-order valence-corrected chi connectivity index (χ1v) is 9.61. The average Bonchev–Trinajstić information content (AvgIpc) is 3.58. The second-order valence-corrected chi connectivity index (χ2v) is 7.14. The van der Waals surface area contributed by atoms with Crippen LogP contribution in [0.2, 0.25) is 0 Å². The fourth-order valence-electron chi connectivity index (χ4n) is 2.82. The third-order valence-corrected chi connectivity index (χ3v) is 4.88. The van der Waals surface area contributed by atoms with Crippen LogP contribution in [0.15, 0.2) is 30.6 Å². The quantitative estimate of drug-likeness (QED) is 0.749. The molecule has 0 aliphatic heterocycles. The molecule has 1 fully saturated rings. The highest BCUT2D eigenvalue weighted by atomic mass is 16.2. The maximum Gasteiger partial charge on any atom is 0.244 e. The number of benzene rings is 1. The Hall–Kier alpha value is -3.47. The molecule has 0 spiro atoms. The van der Waals surface area contributed by atoms with E-state index in [0.29, 0.717) is 29.3 Å². The minimum absolute atomic E-state index is 0.0207. The van der Waals surface area contributed by atoms with E-state index in [4.69, 9.17) is 0 Å². The molecule has 1 aromatic carbocycles. The van der Waals surface area contributed by atoms with Crippen molar-refractivity contribution in [1.29, 1.82) is 5.26 Å². The smallest absolute Gasteiger partial charge is 0.244 e. The molecule has 1 aliphatic carbocycles. The molecule has 0 saturated heterocycles. The molecule has 29 heavy (non-hydrogen) atoms. The summed E-state index contributed by atoms with van der Waals surface area (Å²) in [5.74, 6) is 0.435. The van der Waals surface area contributed by atoms with Gasteiger partial charge in [-0.2, -0.15) is 5.26 Å². The van der Waals surface area contributed by atoms with Crippen molar-refractivity contribution in [1.82, 2.24) is 14.9 Å². The van der Waals surface area contributed by atoms with Crippen LogP contribution < -0.4 is 10.6 Å². The first-order chi connectivity index (χ1) is 13.9. The number of hydrogen-bond donors (Lipinski definition) is 2. The molecule has 1 atom stereocenters. The zero-order chi connectivity index (χ0) is 21.0. The number of hydrogen-bond acceptors (Lipinski definition) is 6. The largest absolute Gasteiger partial charge is 0.373 e. The van der Waals surface area contributed by atoms with Gasteiger partial charge in [0.15, 0.2) is 5.82 Å². The molecule has 3 rings (SSSR count). The van der Waals surface area contributed by atoms with Crippen LogP contribution in [0.5, 0.6) is 0 Å². The zero-order valence-electron chi connectivity index (χ0n) is 16.8. The maximum atomic E-state index is 12.3. The van der Waals surface area contributed by atoms with Crippen LogP contribution in [0.3, 0.4) is 0 Å². The highest BCUT2D eigenvalue weighted by Gasteiger charge is 2.29. The van der Waals surface area contributed by atoms with Gasteiger partial charge in [0.05, 0.1) is 29.3 Å². The molecule has 1 heterocycles. The van der Waals surface area contributed by atoms with Gasteiger partial charge in [-0.3, -0.25) is 14.6 Å². The standard InChI is InChI=1S/C21H24N6O2/c1-4-27(3)21(29)13(2)25-17-9-15(7-8-16(17)10-22)18-11-24-19(12-23-18)26-20(28)14-5-6-14/h7-9,11-14,25H,4-6H2,1-3H3,(H,24,26,28)/t13-/m0/s1. The number of nitrogens with zero attached hydrogens (tertiary/aromatic N) is 4. The summed E-state index contributed by atoms with van der Waals surface area (Å²) < 4.78 is 0. The Morgan fingerprint density at radius 1 is 1.31 bits per heavy atom. The van der Waals surface area contributed by atoms with Gasteiger partial charge in [-0.25, -0.2) is 4.98 Å². The van der Waals surface area contributed by atoms with Gasteiger partial charge in [0.25, 0.3) is 0 Å².